The van der Waals surface area contributed by atoms with E-state index in [-0.39, 0.29) is 18.8 Å². The third kappa shape index (κ3) is 3.88. The maximum Gasteiger partial charge on any atom is 0.329 e. The molecule has 0 fully saturated rings. The lowest BCUT2D eigenvalue weighted by Crippen LogP contribution is -2.40. The highest BCUT2D eigenvalue weighted by atomic mass is 16.5. The van der Waals surface area contributed by atoms with E-state index in [4.69, 9.17) is 4.74 Å². The number of phenolic OH excluding ortho intramolecular Hbond substituents is 1. The van der Waals surface area contributed by atoms with Crippen molar-refractivity contribution in [2.45, 2.75) is 26.8 Å². The van der Waals surface area contributed by atoms with Gasteiger partial charge < -0.3 is 14.8 Å². The summed E-state index contributed by atoms with van der Waals surface area (Å²) in [4.78, 5) is 38.5. The molecule has 0 aliphatic rings. The molecule has 0 bridgehead atoms. The summed E-state index contributed by atoms with van der Waals surface area (Å²) in [6, 6.07) is 6.50. The number of nitrogens with one attached hydrogen (secondary N) is 1. The topological polar surface area (TPSA) is 101 Å². The first kappa shape index (κ1) is 16.5. The predicted molar refractivity (Wildman–Crippen MR) is 83.6 cm³/mol. The molecule has 1 aromatic carbocycles. The Morgan fingerprint density at radius 1 is 1.35 bits per heavy atom. The number of carbonyl (C=O) groups excluding carboxylic acids is 1. The molecule has 1 aromatic heterocycles. The number of esters is 1. The van der Waals surface area contributed by atoms with Crippen molar-refractivity contribution in [3.05, 3.63) is 61.9 Å². The molecule has 7 nitrogen and oxygen atoms in total. The molecule has 0 spiro atoms. The Bertz CT molecular complexity index is 835. The highest BCUT2D eigenvalue weighted by Crippen LogP contribution is 2.14. The Hall–Kier alpha value is -2.83. The lowest BCUT2D eigenvalue weighted by molar-refractivity contribution is -0.143. The number of carbonyl (C=O) groups is 1. The van der Waals surface area contributed by atoms with Gasteiger partial charge in [-0.25, -0.2) is 9.36 Å². The Morgan fingerprint density at radius 2 is 2.09 bits per heavy atom. The Balaban J connectivity index is 2.42. The van der Waals surface area contributed by atoms with Crippen LogP contribution >= 0.6 is 0 Å². The average Bonchev–Trinajstić information content (AvgIpc) is 2.48. The van der Waals surface area contributed by atoms with Crippen LogP contribution in [0.4, 0.5) is 0 Å². The molecule has 0 aliphatic carbocycles. The number of ether oxygens (including phenoxy) is 1. The van der Waals surface area contributed by atoms with Gasteiger partial charge in [-0.2, -0.15) is 0 Å². The minimum absolute atomic E-state index is 0.0939. The molecule has 7 heteroatoms. The zero-order chi connectivity index (χ0) is 17.0. The number of hydrogen-bond acceptors (Lipinski definition) is 5. The summed E-state index contributed by atoms with van der Waals surface area (Å²) in [5.74, 6) is -0.552. The summed E-state index contributed by atoms with van der Waals surface area (Å²) in [6.07, 6.45) is 0.235. The van der Waals surface area contributed by atoms with Crippen LogP contribution in [-0.2, 0) is 22.5 Å². The van der Waals surface area contributed by atoms with Gasteiger partial charge in [-0.3, -0.25) is 9.59 Å². The Morgan fingerprint density at radius 3 is 2.74 bits per heavy atom. The second kappa shape index (κ2) is 6.95. The SMILES string of the molecule is CCOC(=O)Cn1c(=O)[nH]c(C)c(Cc2cccc(O)c2)c1=O. The summed E-state index contributed by atoms with van der Waals surface area (Å²) in [5.41, 5.74) is 0.325. The van der Waals surface area contributed by atoms with Crippen LogP contribution in [0.15, 0.2) is 33.9 Å². The van der Waals surface area contributed by atoms with Gasteiger partial charge in [0.25, 0.3) is 5.56 Å². The van der Waals surface area contributed by atoms with Gasteiger partial charge in [0.15, 0.2) is 0 Å². The van der Waals surface area contributed by atoms with E-state index in [1.54, 1.807) is 32.0 Å². The highest BCUT2D eigenvalue weighted by Gasteiger charge is 2.15. The Kier molecular flexibility index (Phi) is 5.00. The summed E-state index contributed by atoms with van der Waals surface area (Å²) >= 11 is 0. The second-order valence-corrected chi connectivity index (χ2v) is 5.08. The van der Waals surface area contributed by atoms with E-state index < -0.39 is 23.8 Å². The van der Waals surface area contributed by atoms with Crippen molar-refractivity contribution in [3.63, 3.8) is 0 Å². The zero-order valence-corrected chi connectivity index (χ0v) is 13.0. The monoisotopic (exact) mass is 318 g/mol. The van der Waals surface area contributed by atoms with Crippen molar-refractivity contribution >= 4 is 5.97 Å². The van der Waals surface area contributed by atoms with E-state index in [1.165, 1.54) is 6.07 Å². The number of aryl methyl sites for hydroxylation is 1. The minimum atomic E-state index is -0.653. The first-order valence-corrected chi connectivity index (χ1v) is 7.18. The quantitative estimate of drug-likeness (QED) is 0.790. The number of hydrogen-bond donors (Lipinski definition) is 2. The van der Waals surface area contributed by atoms with Crippen LogP contribution < -0.4 is 11.2 Å². The van der Waals surface area contributed by atoms with Gasteiger partial charge in [-0.15, -0.1) is 0 Å². The Labute approximate surface area is 132 Å². The fraction of sp³-hybridized carbons (Fsp3) is 0.312. The van der Waals surface area contributed by atoms with Gasteiger partial charge in [-0.1, -0.05) is 12.1 Å². The van der Waals surface area contributed by atoms with Gasteiger partial charge in [0, 0.05) is 17.7 Å². The van der Waals surface area contributed by atoms with Crippen LogP contribution in [0.5, 0.6) is 5.75 Å². The van der Waals surface area contributed by atoms with E-state index in [0.717, 1.165) is 10.1 Å². The number of rotatable bonds is 5. The summed E-state index contributed by atoms with van der Waals surface area (Å²) in [6.45, 7) is 3.01. The average molecular weight is 318 g/mol. The van der Waals surface area contributed by atoms with Gasteiger partial charge in [0.05, 0.1) is 6.61 Å². The third-order valence-electron chi connectivity index (χ3n) is 3.38. The third-order valence-corrected chi connectivity index (χ3v) is 3.38. The van der Waals surface area contributed by atoms with Crippen molar-refractivity contribution in [2.24, 2.45) is 0 Å². The number of nitrogens with zero attached hydrogens (tertiary/aromatic N) is 1. The molecule has 0 unspecified atom stereocenters. The van der Waals surface area contributed by atoms with Gasteiger partial charge in [0.1, 0.15) is 12.3 Å². The smallest absolute Gasteiger partial charge is 0.329 e. The van der Waals surface area contributed by atoms with Gasteiger partial charge >= 0.3 is 11.7 Å². The van der Waals surface area contributed by atoms with Crippen molar-refractivity contribution in [3.8, 4) is 5.75 Å². The van der Waals surface area contributed by atoms with Crippen molar-refractivity contribution in [1.82, 2.24) is 9.55 Å². The first-order valence-electron chi connectivity index (χ1n) is 7.18. The summed E-state index contributed by atoms with van der Waals surface area (Å²) in [7, 11) is 0. The van der Waals surface area contributed by atoms with Crippen LogP contribution in [-0.4, -0.2) is 27.2 Å². The number of H-pyrrole nitrogens is 1. The van der Waals surface area contributed by atoms with Crippen LogP contribution in [0.3, 0.4) is 0 Å². The molecule has 122 valence electrons. The highest BCUT2D eigenvalue weighted by molar-refractivity contribution is 5.69. The minimum Gasteiger partial charge on any atom is -0.508 e. The molecule has 0 radical (unpaired) electrons. The van der Waals surface area contributed by atoms with Crippen LogP contribution in [0.2, 0.25) is 0 Å². The van der Waals surface area contributed by atoms with E-state index in [9.17, 15) is 19.5 Å². The lowest BCUT2D eigenvalue weighted by Gasteiger charge is -2.10. The number of aromatic amines is 1. The molecule has 0 saturated carbocycles. The standard InChI is InChI=1S/C16H18N2O5/c1-3-23-14(20)9-18-15(21)13(10(2)17-16(18)22)8-11-5-4-6-12(19)7-11/h4-7,19H,3,8-9H2,1-2H3,(H,17,22). The second-order valence-electron chi connectivity index (χ2n) is 5.08. The number of aromatic hydroxyl groups is 1. The molecule has 0 saturated heterocycles. The molecular weight excluding hydrogens is 300 g/mol. The number of aromatic nitrogens is 2. The molecule has 2 rings (SSSR count). The molecule has 2 aromatic rings. The molecule has 0 amide bonds. The fourth-order valence-corrected chi connectivity index (χ4v) is 2.28. The van der Waals surface area contributed by atoms with Crippen LogP contribution in [0.1, 0.15) is 23.7 Å². The van der Waals surface area contributed by atoms with Gasteiger partial charge in [0.2, 0.25) is 0 Å². The molecular formula is C16H18N2O5. The van der Waals surface area contributed by atoms with Gasteiger partial charge in [-0.05, 0) is 31.5 Å². The lowest BCUT2D eigenvalue weighted by atomic mass is 10.0. The fourth-order valence-electron chi connectivity index (χ4n) is 2.28. The predicted octanol–water partition coefficient (Wildman–Crippen LogP) is 0.705. The molecule has 0 aliphatic heterocycles. The molecule has 0 atom stereocenters. The maximum atomic E-state index is 12.5. The number of phenols is 1. The van der Waals surface area contributed by atoms with Crippen LogP contribution in [0, 0.1) is 6.92 Å². The maximum absolute atomic E-state index is 12.5. The van der Waals surface area contributed by atoms with E-state index in [2.05, 4.69) is 4.98 Å². The largest absolute Gasteiger partial charge is 0.508 e. The van der Waals surface area contributed by atoms with Crippen molar-refractivity contribution in [2.75, 3.05) is 6.61 Å². The molecule has 2 N–H and O–H groups in total. The number of benzene rings is 1. The summed E-state index contributed by atoms with van der Waals surface area (Å²) in [5, 5.41) is 9.50. The van der Waals surface area contributed by atoms with E-state index in [0.29, 0.717) is 11.3 Å². The van der Waals surface area contributed by atoms with Crippen LogP contribution in [0.25, 0.3) is 0 Å². The summed E-state index contributed by atoms with van der Waals surface area (Å²) < 4.78 is 5.60. The normalized spacial score (nSPS) is 10.5. The zero-order valence-electron chi connectivity index (χ0n) is 13.0. The van der Waals surface area contributed by atoms with Crippen molar-refractivity contribution in [1.29, 1.82) is 0 Å². The molecule has 1 heterocycles. The van der Waals surface area contributed by atoms with Crippen molar-refractivity contribution < 1.29 is 14.6 Å². The molecule has 23 heavy (non-hydrogen) atoms. The first-order chi connectivity index (χ1) is 10.9. The van der Waals surface area contributed by atoms with E-state index >= 15 is 0 Å². The van der Waals surface area contributed by atoms with E-state index in [1.807, 2.05) is 0 Å².